The highest BCUT2D eigenvalue weighted by atomic mass is 16.6. The number of hydrogen-bond donors (Lipinski definition) is 2. The molecule has 0 aromatic carbocycles. The molecule has 0 aromatic rings. The van der Waals surface area contributed by atoms with Crippen molar-refractivity contribution >= 4 is 12.1 Å². The Balaban J connectivity index is 1.70. The van der Waals surface area contributed by atoms with Crippen LogP contribution < -0.4 is 5.32 Å². The third-order valence-electron chi connectivity index (χ3n) is 4.03. The lowest BCUT2D eigenvalue weighted by Crippen LogP contribution is -2.62. The number of amides is 1. The molecule has 1 aliphatic heterocycles. The Morgan fingerprint density at radius 2 is 1.86 bits per heavy atom. The molecule has 2 N–H and O–H groups in total. The van der Waals surface area contributed by atoms with Gasteiger partial charge in [0.1, 0.15) is 5.60 Å². The standard InChI is InChI=1S/C15H26N2O4/c1-15(2,3)21-14(20)17-8-12(9-17)16-11-6-4-5-10(7-11)13(18)19/h10-12,16H,4-9H2,1-3H3,(H,18,19). The first-order chi connectivity index (χ1) is 9.74. The van der Waals surface area contributed by atoms with E-state index < -0.39 is 11.6 Å². The lowest BCUT2D eigenvalue weighted by molar-refractivity contribution is -0.143. The normalized spacial score (nSPS) is 27.1. The van der Waals surface area contributed by atoms with E-state index in [1.165, 1.54) is 0 Å². The van der Waals surface area contributed by atoms with Crippen molar-refractivity contribution in [3.8, 4) is 0 Å². The van der Waals surface area contributed by atoms with Crippen LogP contribution in [0.25, 0.3) is 0 Å². The maximum Gasteiger partial charge on any atom is 0.410 e. The minimum Gasteiger partial charge on any atom is -0.481 e. The van der Waals surface area contributed by atoms with E-state index in [9.17, 15) is 9.59 Å². The summed E-state index contributed by atoms with van der Waals surface area (Å²) >= 11 is 0. The maximum atomic E-state index is 11.8. The molecule has 6 heteroatoms. The highest BCUT2D eigenvalue weighted by Crippen LogP contribution is 2.26. The van der Waals surface area contributed by atoms with Crippen LogP contribution in [-0.4, -0.2) is 52.8 Å². The molecule has 120 valence electrons. The summed E-state index contributed by atoms with van der Waals surface area (Å²) in [6.07, 6.45) is 3.18. The number of carbonyl (C=O) groups is 2. The first-order valence-electron chi connectivity index (χ1n) is 7.71. The predicted molar refractivity (Wildman–Crippen MR) is 78.1 cm³/mol. The van der Waals surface area contributed by atoms with Crippen LogP contribution in [0.15, 0.2) is 0 Å². The van der Waals surface area contributed by atoms with Gasteiger partial charge in [-0.1, -0.05) is 6.42 Å². The minimum absolute atomic E-state index is 0.224. The van der Waals surface area contributed by atoms with Gasteiger partial charge in [-0.2, -0.15) is 0 Å². The van der Waals surface area contributed by atoms with Gasteiger partial charge in [0.2, 0.25) is 0 Å². The number of carboxylic acid groups (broad SMARTS) is 1. The van der Waals surface area contributed by atoms with Crippen molar-refractivity contribution in [2.24, 2.45) is 5.92 Å². The molecule has 1 heterocycles. The Bertz CT molecular complexity index is 399. The molecule has 1 saturated heterocycles. The third-order valence-corrected chi connectivity index (χ3v) is 4.03. The van der Waals surface area contributed by atoms with E-state index in [1.54, 1.807) is 4.90 Å². The van der Waals surface area contributed by atoms with Gasteiger partial charge in [-0.15, -0.1) is 0 Å². The van der Waals surface area contributed by atoms with E-state index in [-0.39, 0.29) is 24.1 Å². The number of ether oxygens (including phenoxy) is 1. The van der Waals surface area contributed by atoms with Gasteiger partial charge in [0, 0.05) is 25.2 Å². The van der Waals surface area contributed by atoms with Crippen molar-refractivity contribution in [2.75, 3.05) is 13.1 Å². The summed E-state index contributed by atoms with van der Waals surface area (Å²) in [7, 11) is 0. The Hall–Kier alpha value is -1.30. The molecule has 2 fully saturated rings. The molecule has 0 aromatic heterocycles. The molecule has 0 bridgehead atoms. The van der Waals surface area contributed by atoms with Crippen molar-refractivity contribution in [3.63, 3.8) is 0 Å². The van der Waals surface area contributed by atoms with Gasteiger partial charge in [0.05, 0.1) is 5.92 Å². The summed E-state index contributed by atoms with van der Waals surface area (Å²) in [4.78, 5) is 24.5. The average molecular weight is 298 g/mol. The molecule has 0 spiro atoms. The molecule has 2 unspecified atom stereocenters. The van der Waals surface area contributed by atoms with Gasteiger partial charge >= 0.3 is 12.1 Å². The van der Waals surface area contributed by atoms with E-state index >= 15 is 0 Å². The zero-order valence-corrected chi connectivity index (χ0v) is 13.1. The molecule has 2 atom stereocenters. The highest BCUT2D eigenvalue weighted by molar-refractivity contribution is 5.70. The molecule has 2 rings (SSSR count). The molecule has 1 saturated carbocycles. The summed E-state index contributed by atoms with van der Waals surface area (Å²) in [5, 5.41) is 12.6. The van der Waals surface area contributed by atoms with Crippen LogP contribution in [0.3, 0.4) is 0 Å². The first kappa shape index (κ1) is 16.1. The van der Waals surface area contributed by atoms with Gasteiger partial charge < -0.3 is 20.1 Å². The van der Waals surface area contributed by atoms with E-state index in [0.717, 1.165) is 19.3 Å². The number of nitrogens with one attached hydrogen (secondary N) is 1. The molecule has 1 aliphatic carbocycles. The van der Waals surface area contributed by atoms with Gasteiger partial charge in [-0.05, 0) is 40.0 Å². The van der Waals surface area contributed by atoms with Gasteiger partial charge in [0.15, 0.2) is 0 Å². The molecule has 6 nitrogen and oxygen atoms in total. The summed E-state index contributed by atoms with van der Waals surface area (Å²) in [6, 6.07) is 0.515. The SMILES string of the molecule is CC(C)(C)OC(=O)N1CC(NC2CCCC(C(=O)O)C2)C1. The fraction of sp³-hybridized carbons (Fsp3) is 0.867. The zero-order valence-electron chi connectivity index (χ0n) is 13.1. The maximum absolute atomic E-state index is 11.8. The Morgan fingerprint density at radius 1 is 1.19 bits per heavy atom. The number of carboxylic acids is 1. The molecular formula is C15H26N2O4. The van der Waals surface area contributed by atoms with E-state index in [0.29, 0.717) is 19.5 Å². The number of aliphatic carboxylic acids is 1. The molecule has 1 amide bonds. The third kappa shape index (κ3) is 4.59. The average Bonchev–Trinajstić information content (AvgIpc) is 2.31. The van der Waals surface area contributed by atoms with Crippen LogP contribution in [0.4, 0.5) is 4.79 Å². The van der Waals surface area contributed by atoms with Crippen LogP contribution in [0.1, 0.15) is 46.5 Å². The van der Waals surface area contributed by atoms with Crippen molar-refractivity contribution in [1.82, 2.24) is 10.2 Å². The topological polar surface area (TPSA) is 78.9 Å². The van der Waals surface area contributed by atoms with Gasteiger partial charge in [-0.25, -0.2) is 4.79 Å². The van der Waals surface area contributed by atoms with Crippen LogP contribution in [-0.2, 0) is 9.53 Å². The first-order valence-corrected chi connectivity index (χ1v) is 7.71. The summed E-state index contributed by atoms with van der Waals surface area (Å²) < 4.78 is 5.31. The largest absolute Gasteiger partial charge is 0.481 e. The Kier molecular flexibility index (Phi) is 4.76. The number of hydrogen-bond acceptors (Lipinski definition) is 4. The molecule has 0 radical (unpaired) electrons. The monoisotopic (exact) mass is 298 g/mol. The van der Waals surface area contributed by atoms with Crippen LogP contribution in [0.5, 0.6) is 0 Å². The molecule has 2 aliphatic rings. The fourth-order valence-electron chi connectivity index (χ4n) is 2.96. The second-order valence-corrected chi connectivity index (χ2v) is 7.15. The van der Waals surface area contributed by atoms with E-state index in [2.05, 4.69) is 5.32 Å². The lowest BCUT2D eigenvalue weighted by atomic mass is 9.85. The number of nitrogens with zero attached hydrogens (tertiary/aromatic N) is 1. The van der Waals surface area contributed by atoms with Gasteiger partial charge in [0.25, 0.3) is 0 Å². The van der Waals surface area contributed by atoms with E-state index in [4.69, 9.17) is 9.84 Å². The van der Waals surface area contributed by atoms with Crippen molar-refractivity contribution < 1.29 is 19.4 Å². The Labute approximate surface area is 125 Å². The smallest absolute Gasteiger partial charge is 0.410 e. The van der Waals surface area contributed by atoms with Gasteiger partial charge in [-0.3, -0.25) is 4.79 Å². The molecular weight excluding hydrogens is 272 g/mol. The summed E-state index contributed by atoms with van der Waals surface area (Å²) in [5.41, 5.74) is -0.465. The fourth-order valence-corrected chi connectivity index (χ4v) is 2.96. The van der Waals surface area contributed by atoms with Crippen molar-refractivity contribution in [1.29, 1.82) is 0 Å². The summed E-state index contributed by atoms with van der Waals surface area (Å²) in [5.74, 6) is -0.913. The van der Waals surface area contributed by atoms with Crippen molar-refractivity contribution in [3.05, 3.63) is 0 Å². The Morgan fingerprint density at radius 3 is 2.43 bits per heavy atom. The highest BCUT2D eigenvalue weighted by Gasteiger charge is 2.36. The number of likely N-dealkylation sites (tertiary alicyclic amines) is 1. The summed E-state index contributed by atoms with van der Waals surface area (Å²) in [6.45, 7) is 6.85. The minimum atomic E-state index is -0.689. The quantitative estimate of drug-likeness (QED) is 0.831. The second-order valence-electron chi connectivity index (χ2n) is 7.15. The zero-order chi connectivity index (χ0) is 15.6. The number of carbonyl (C=O) groups excluding carboxylic acids is 1. The van der Waals surface area contributed by atoms with Crippen molar-refractivity contribution in [2.45, 2.75) is 64.1 Å². The lowest BCUT2D eigenvalue weighted by Gasteiger charge is -2.42. The van der Waals surface area contributed by atoms with Crippen LogP contribution >= 0.6 is 0 Å². The number of rotatable bonds is 3. The predicted octanol–water partition coefficient (Wildman–Crippen LogP) is 1.84. The molecule has 21 heavy (non-hydrogen) atoms. The van der Waals surface area contributed by atoms with E-state index in [1.807, 2.05) is 20.8 Å². The second kappa shape index (κ2) is 6.22. The van der Waals surface area contributed by atoms with Crippen LogP contribution in [0, 0.1) is 5.92 Å². The van der Waals surface area contributed by atoms with Crippen LogP contribution in [0.2, 0.25) is 0 Å².